The van der Waals surface area contributed by atoms with E-state index in [2.05, 4.69) is 26.6 Å². The maximum absolute atomic E-state index is 14.2. The van der Waals surface area contributed by atoms with Crippen LogP contribution < -0.4 is 31.3 Å². The molecule has 12 nitrogen and oxygen atoms in total. The molecule has 5 amide bonds. The molecule has 1 fully saturated rings. The van der Waals surface area contributed by atoms with Crippen LogP contribution in [0.2, 0.25) is 0 Å². The summed E-state index contributed by atoms with van der Waals surface area (Å²) in [5, 5.41) is 13.7. The lowest BCUT2D eigenvalue weighted by Gasteiger charge is -2.38. The SMILES string of the molecule is CC(C)[C@H]1NC(=O)C(C)(C)NC(=O)C[C@@H](C(=O)NCC2(c3cccc(F)c3)CCOCC2)NC(=O)c2ccccc2OCCNC1=O. The number of benzene rings is 2. The molecule has 2 heterocycles. The van der Waals surface area contributed by atoms with Gasteiger partial charge in [-0.15, -0.1) is 0 Å². The zero-order chi connectivity index (χ0) is 34.2. The highest BCUT2D eigenvalue weighted by molar-refractivity contribution is 6.01. The number of fused-ring (bicyclic) bond motifs is 1. The van der Waals surface area contributed by atoms with Crippen molar-refractivity contribution in [1.82, 2.24) is 26.6 Å². The molecule has 2 aromatic carbocycles. The van der Waals surface area contributed by atoms with Gasteiger partial charge in [0.1, 0.15) is 35.8 Å². The van der Waals surface area contributed by atoms with Gasteiger partial charge in [0.2, 0.25) is 23.6 Å². The zero-order valence-corrected chi connectivity index (χ0v) is 27.2. The van der Waals surface area contributed by atoms with Gasteiger partial charge in [-0.05, 0) is 62.4 Å². The average molecular weight is 654 g/mol. The van der Waals surface area contributed by atoms with Crippen molar-refractivity contribution in [3.05, 3.63) is 65.5 Å². The van der Waals surface area contributed by atoms with E-state index in [1.54, 1.807) is 44.2 Å². The standard InChI is InChI=1S/C34H44FN5O7/c1-21(2)28-31(44)36-14-17-47-26-11-6-5-10-24(26)29(42)38-25(19-27(41)40-33(3,4)32(45)39-28)30(43)37-20-34(12-15-46-16-13-34)22-8-7-9-23(35)18-22/h5-11,18,21,25,28H,12-17,19-20H2,1-4H3,(H,36,44)(H,37,43)(H,38,42)(H,39,45)(H,40,41)/t25-,28+/m0/s1. The molecule has 0 saturated carbocycles. The number of carbonyl (C=O) groups excluding carboxylic acids is 5. The number of para-hydroxylation sites is 1. The van der Waals surface area contributed by atoms with Gasteiger partial charge in [-0.2, -0.15) is 0 Å². The number of nitrogens with one attached hydrogen (secondary N) is 5. The van der Waals surface area contributed by atoms with Crippen molar-refractivity contribution in [1.29, 1.82) is 0 Å². The Morgan fingerprint density at radius 1 is 1.00 bits per heavy atom. The molecule has 47 heavy (non-hydrogen) atoms. The summed E-state index contributed by atoms with van der Waals surface area (Å²) >= 11 is 0. The molecule has 2 aliphatic heterocycles. The molecule has 254 valence electrons. The van der Waals surface area contributed by atoms with Crippen LogP contribution in [0.3, 0.4) is 0 Å². The van der Waals surface area contributed by atoms with Crippen molar-refractivity contribution in [2.45, 2.75) is 70.0 Å². The highest BCUT2D eigenvalue weighted by Gasteiger charge is 2.38. The molecule has 0 aromatic heterocycles. The summed E-state index contributed by atoms with van der Waals surface area (Å²) in [7, 11) is 0. The number of carbonyl (C=O) groups is 5. The van der Waals surface area contributed by atoms with Crippen LogP contribution >= 0.6 is 0 Å². The predicted octanol–water partition coefficient (Wildman–Crippen LogP) is 1.72. The van der Waals surface area contributed by atoms with E-state index in [0.717, 1.165) is 0 Å². The largest absolute Gasteiger partial charge is 0.491 e. The third kappa shape index (κ3) is 9.06. The molecular weight excluding hydrogens is 609 g/mol. The molecule has 2 atom stereocenters. The van der Waals surface area contributed by atoms with E-state index in [1.807, 2.05) is 0 Å². The van der Waals surface area contributed by atoms with Crippen LogP contribution in [0.1, 0.15) is 62.9 Å². The lowest BCUT2D eigenvalue weighted by molar-refractivity contribution is -0.136. The van der Waals surface area contributed by atoms with E-state index in [0.29, 0.717) is 31.6 Å². The topological polar surface area (TPSA) is 164 Å². The van der Waals surface area contributed by atoms with Gasteiger partial charge in [-0.1, -0.05) is 38.1 Å². The van der Waals surface area contributed by atoms with Crippen molar-refractivity contribution >= 4 is 29.5 Å². The first-order valence-electron chi connectivity index (χ1n) is 15.9. The first-order chi connectivity index (χ1) is 22.3. The Balaban J connectivity index is 1.62. The zero-order valence-electron chi connectivity index (χ0n) is 27.2. The van der Waals surface area contributed by atoms with Crippen LogP contribution in [0.5, 0.6) is 5.75 Å². The van der Waals surface area contributed by atoms with Crippen LogP contribution in [0.15, 0.2) is 48.5 Å². The fraction of sp³-hybridized carbons (Fsp3) is 0.500. The Morgan fingerprint density at radius 3 is 2.43 bits per heavy atom. The van der Waals surface area contributed by atoms with Crippen LogP contribution in [-0.4, -0.2) is 80.1 Å². The lowest BCUT2D eigenvalue weighted by Crippen LogP contribution is -2.61. The van der Waals surface area contributed by atoms with Gasteiger partial charge < -0.3 is 36.1 Å². The number of hydrogen-bond acceptors (Lipinski definition) is 7. The summed E-state index contributed by atoms with van der Waals surface area (Å²) in [6.07, 6.45) is 0.551. The minimum absolute atomic E-state index is 0.0239. The predicted molar refractivity (Wildman–Crippen MR) is 171 cm³/mol. The number of hydrogen-bond donors (Lipinski definition) is 5. The van der Waals surface area contributed by atoms with Crippen LogP contribution in [0.25, 0.3) is 0 Å². The highest BCUT2D eigenvalue weighted by atomic mass is 19.1. The Kier molecular flexibility index (Phi) is 11.6. The second-order valence-electron chi connectivity index (χ2n) is 12.9. The van der Waals surface area contributed by atoms with Crippen molar-refractivity contribution in [3.63, 3.8) is 0 Å². The van der Waals surface area contributed by atoms with E-state index >= 15 is 0 Å². The average Bonchev–Trinajstić information content (AvgIpc) is 3.03. The molecule has 0 bridgehead atoms. The third-order valence-electron chi connectivity index (χ3n) is 8.55. The summed E-state index contributed by atoms with van der Waals surface area (Å²) in [6.45, 7) is 7.59. The first kappa shape index (κ1) is 35.3. The van der Waals surface area contributed by atoms with E-state index in [9.17, 15) is 28.4 Å². The van der Waals surface area contributed by atoms with E-state index in [4.69, 9.17) is 9.47 Å². The fourth-order valence-electron chi connectivity index (χ4n) is 5.70. The lowest BCUT2D eigenvalue weighted by atomic mass is 9.74. The summed E-state index contributed by atoms with van der Waals surface area (Å²) in [4.78, 5) is 66.9. The minimum Gasteiger partial charge on any atom is -0.491 e. The summed E-state index contributed by atoms with van der Waals surface area (Å²) in [5.41, 5.74) is -1.26. The molecule has 5 N–H and O–H groups in total. The van der Waals surface area contributed by atoms with Crippen LogP contribution in [0.4, 0.5) is 4.39 Å². The Morgan fingerprint density at radius 2 is 1.72 bits per heavy atom. The normalized spacial score (nSPS) is 22.3. The highest BCUT2D eigenvalue weighted by Crippen LogP contribution is 2.34. The second-order valence-corrected chi connectivity index (χ2v) is 12.9. The molecule has 0 spiro atoms. The maximum Gasteiger partial charge on any atom is 0.255 e. The van der Waals surface area contributed by atoms with Gasteiger partial charge in [0.15, 0.2) is 0 Å². The molecule has 4 rings (SSSR count). The summed E-state index contributed by atoms with van der Waals surface area (Å²) in [6, 6.07) is 10.4. The number of amides is 5. The summed E-state index contributed by atoms with van der Waals surface area (Å²) < 4.78 is 25.6. The van der Waals surface area contributed by atoms with Crippen LogP contribution in [0, 0.1) is 11.7 Å². The number of halogens is 1. The fourth-order valence-corrected chi connectivity index (χ4v) is 5.70. The molecule has 0 radical (unpaired) electrons. The molecule has 2 aliphatic rings. The third-order valence-corrected chi connectivity index (χ3v) is 8.55. The smallest absolute Gasteiger partial charge is 0.255 e. The van der Waals surface area contributed by atoms with Crippen molar-refractivity contribution < 1.29 is 37.8 Å². The molecule has 0 unspecified atom stereocenters. The molecule has 13 heteroatoms. The van der Waals surface area contributed by atoms with Crippen molar-refractivity contribution in [2.75, 3.05) is 32.9 Å². The van der Waals surface area contributed by atoms with Gasteiger partial charge in [-0.3, -0.25) is 24.0 Å². The first-order valence-corrected chi connectivity index (χ1v) is 15.9. The van der Waals surface area contributed by atoms with Gasteiger partial charge >= 0.3 is 0 Å². The number of rotatable bonds is 5. The second kappa shape index (κ2) is 15.4. The molecule has 1 saturated heterocycles. The molecular formula is C34H44FN5O7. The van der Waals surface area contributed by atoms with E-state index in [-0.39, 0.29) is 36.9 Å². The Hall–Kier alpha value is -4.52. The van der Waals surface area contributed by atoms with E-state index < -0.39 is 64.8 Å². The van der Waals surface area contributed by atoms with E-state index in [1.165, 1.54) is 32.0 Å². The molecule has 2 aromatic rings. The van der Waals surface area contributed by atoms with Crippen LogP contribution in [-0.2, 0) is 29.3 Å². The number of ether oxygens (including phenoxy) is 2. The van der Waals surface area contributed by atoms with Gasteiger partial charge in [0.05, 0.1) is 18.5 Å². The van der Waals surface area contributed by atoms with Gasteiger partial charge in [0, 0.05) is 25.2 Å². The Labute approximate surface area is 273 Å². The van der Waals surface area contributed by atoms with Gasteiger partial charge in [-0.25, -0.2) is 4.39 Å². The maximum atomic E-state index is 14.2. The van der Waals surface area contributed by atoms with Crippen molar-refractivity contribution in [3.8, 4) is 5.75 Å². The summed E-state index contributed by atoms with van der Waals surface area (Å²) in [5.74, 6) is -3.46. The van der Waals surface area contributed by atoms with Crippen molar-refractivity contribution in [2.24, 2.45) is 5.92 Å². The van der Waals surface area contributed by atoms with Gasteiger partial charge in [0.25, 0.3) is 5.91 Å². The minimum atomic E-state index is -1.47. The Bertz CT molecular complexity index is 1470. The monoisotopic (exact) mass is 653 g/mol. The quantitative estimate of drug-likeness (QED) is 0.328. The molecule has 0 aliphatic carbocycles.